The molecule has 2 amide bonds. The molecule has 0 aromatic rings. The van der Waals surface area contributed by atoms with Crippen molar-refractivity contribution >= 4 is 12.0 Å². The highest BCUT2D eigenvalue weighted by molar-refractivity contribution is 5.78. The van der Waals surface area contributed by atoms with Gasteiger partial charge in [-0.25, -0.2) is 9.59 Å². The highest BCUT2D eigenvalue weighted by Gasteiger charge is 2.31. The molecule has 0 bridgehead atoms. The van der Waals surface area contributed by atoms with Crippen LogP contribution in [0.1, 0.15) is 19.3 Å². The van der Waals surface area contributed by atoms with E-state index in [2.05, 4.69) is 10.1 Å². The number of nitrogens with zero attached hydrogens (tertiary/aromatic N) is 1. The van der Waals surface area contributed by atoms with E-state index in [0.717, 1.165) is 12.8 Å². The second-order valence-electron chi connectivity index (χ2n) is 4.41. The number of ether oxygens (including phenoxy) is 2. The lowest BCUT2D eigenvalue weighted by Gasteiger charge is -2.34. The van der Waals surface area contributed by atoms with Crippen molar-refractivity contribution in [3.63, 3.8) is 0 Å². The predicted molar refractivity (Wildman–Crippen MR) is 59.5 cm³/mol. The highest BCUT2D eigenvalue weighted by Crippen LogP contribution is 2.18. The number of urea groups is 1. The Labute approximate surface area is 100 Å². The molecule has 0 spiro atoms. The number of carbonyl (C=O) groups excluding carboxylic acids is 2. The van der Waals surface area contributed by atoms with E-state index in [4.69, 9.17) is 4.74 Å². The normalized spacial score (nSPS) is 25.0. The van der Waals surface area contributed by atoms with E-state index in [0.29, 0.717) is 19.2 Å². The summed E-state index contributed by atoms with van der Waals surface area (Å²) in [6.45, 7) is 1.16. The van der Waals surface area contributed by atoms with Gasteiger partial charge in [0, 0.05) is 12.6 Å². The van der Waals surface area contributed by atoms with Crippen LogP contribution < -0.4 is 5.32 Å². The predicted octanol–water partition coefficient (Wildman–Crippen LogP) is 0.122. The van der Waals surface area contributed by atoms with Crippen molar-refractivity contribution in [1.29, 1.82) is 0 Å². The molecule has 0 radical (unpaired) electrons. The largest absolute Gasteiger partial charge is 0.467 e. The zero-order valence-electron chi connectivity index (χ0n) is 9.98. The van der Waals surface area contributed by atoms with Crippen LogP contribution in [-0.4, -0.2) is 55.9 Å². The van der Waals surface area contributed by atoms with Crippen molar-refractivity contribution in [3.05, 3.63) is 0 Å². The van der Waals surface area contributed by atoms with Gasteiger partial charge < -0.3 is 19.7 Å². The molecule has 2 aliphatic rings. The Hall–Kier alpha value is -1.30. The van der Waals surface area contributed by atoms with Gasteiger partial charge in [-0.05, 0) is 19.3 Å². The monoisotopic (exact) mass is 242 g/mol. The van der Waals surface area contributed by atoms with Crippen LogP contribution in [0.25, 0.3) is 0 Å². The van der Waals surface area contributed by atoms with Crippen LogP contribution in [-0.2, 0) is 14.3 Å². The van der Waals surface area contributed by atoms with Crippen molar-refractivity contribution in [3.8, 4) is 0 Å². The molecular formula is C11H18N2O4. The maximum atomic E-state index is 11.9. The minimum Gasteiger partial charge on any atom is -0.467 e. The highest BCUT2D eigenvalue weighted by atomic mass is 16.6. The molecule has 1 N–H and O–H groups in total. The van der Waals surface area contributed by atoms with Crippen molar-refractivity contribution in [1.82, 2.24) is 10.2 Å². The lowest BCUT2D eigenvalue weighted by Crippen LogP contribution is -2.54. The third-order valence-corrected chi connectivity index (χ3v) is 3.25. The Morgan fingerprint density at radius 1 is 1.41 bits per heavy atom. The molecule has 1 unspecified atom stereocenters. The van der Waals surface area contributed by atoms with E-state index >= 15 is 0 Å². The molecule has 6 heteroatoms. The standard InChI is InChI=1S/C11H18N2O4/c1-16-10(14)9-7-13(5-6-17-9)11(15)12-8-3-2-4-8/h8-9H,2-7H2,1H3,(H,12,15). The smallest absolute Gasteiger partial charge is 0.336 e. The second kappa shape index (κ2) is 5.35. The SMILES string of the molecule is COC(=O)C1CN(C(=O)NC2CCC2)CCO1. The van der Waals surface area contributed by atoms with Crippen LogP contribution in [0.5, 0.6) is 0 Å². The van der Waals surface area contributed by atoms with Gasteiger partial charge >= 0.3 is 12.0 Å². The first kappa shape index (κ1) is 12.2. The first-order valence-electron chi connectivity index (χ1n) is 5.95. The molecule has 0 aromatic heterocycles. The van der Waals surface area contributed by atoms with Crippen LogP contribution in [0.2, 0.25) is 0 Å². The number of morpholine rings is 1. The van der Waals surface area contributed by atoms with Crippen LogP contribution in [0, 0.1) is 0 Å². The minimum atomic E-state index is -0.652. The van der Waals surface area contributed by atoms with Crippen molar-refractivity contribution in [2.75, 3.05) is 26.8 Å². The number of hydrogen-bond acceptors (Lipinski definition) is 4. The fourth-order valence-electron chi connectivity index (χ4n) is 1.93. The molecule has 17 heavy (non-hydrogen) atoms. The zero-order chi connectivity index (χ0) is 12.3. The number of nitrogens with one attached hydrogen (secondary N) is 1. The molecule has 1 aliphatic heterocycles. The topological polar surface area (TPSA) is 67.9 Å². The average Bonchev–Trinajstić information content (AvgIpc) is 2.32. The van der Waals surface area contributed by atoms with Crippen LogP contribution in [0.3, 0.4) is 0 Å². The number of rotatable bonds is 2. The fraction of sp³-hybridized carbons (Fsp3) is 0.818. The molecule has 2 rings (SSSR count). The van der Waals surface area contributed by atoms with E-state index in [9.17, 15) is 9.59 Å². The Kier molecular flexibility index (Phi) is 3.83. The summed E-state index contributed by atoms with van der Waals surface area (Å²) in [4.78, 5) is 24.8. The summed E-state index contributed by atoms with van der Waals surface area (Å²) in [5, 5.41) is 2.94. The lowest BCUT2D eigenvalue weighted by molar-refractivity contribution is -0.158. The van der Waals surface area contributed by atoms with Crippen molar-refractivity contribution in [2.24, 2.45) is 0 Å². The van der Waals surface area contributed by atoms with Crippen LogP contribution in [0.15, 0.2) is 0 Å². The van der Waals surface area contributed by atoms with Gasteiger partial charge in [0.1, 0.15) is 0 Å². The first-order valence-corrected chi connectivity index (χ1v) is 5.95. The number of amides is 2. The van der Waals surface area contributed by atoms with Gasteiger partial charge in [-0.2, -0.15) is 0 Å². The first-order chi connectivity index (χ1) is 8.20. The van der Waals surface area contributed by atoms with Gasteiger partial charge in [0.25, 0.3) is 0 Å². The quantitative estimate of drug-likeness (QED) is 0.698. The fourth-order valence-corrected chi connectivity index (χ4v) is 1.93. The summed E-state index contributed by atoms with van der Waals surface area (Å²) in [5.41, 5.74) is 0. The zero-order valence-corrected chi connectivity index (χ0v) is 9.98. The van der Waals surface area contributed by atoms with Crippen LogP contribution >= 0.6 is 0 Å². The van der Waals surface area contributed by atoms with E-state index in [-0.39, 0.29) is 12.6 Å². The van der Waals surface area contributed by atoms with E-state index in [1.807, 2.05) is 0 Å². The molecule has 1 saturated heterocycles. The maximum Gasteiger partial charge on any atom is 0.336 e. The Morgan fingerprint density at radius 3 is 2.76 bits per heavy atom. The molecule has 1 atom stereocenters. The van der Waals surface area contributed by atoms with Gasteiger partial charge in [0.2, 0.25) is 0 Å². The van der Waals surface area contributed by atoms with E-state index < -0.39 is 12.1 Å². The maximum absolute atomic E-state index is 11.9. The van der Waals surface area contributed by atoms with Crippen molar-refractivity contribution < 1.29 is 19.1 Å². The summed E-state index contributed by atoms with van der Waals surface area (Å²) < 4.78 is 9.87. The number of esters is 1. The van der Waals surface area contributed by atoms with Gasteiger partial charge in [0.05, 0.1) is 20.3 Å². The third kappa shape index (κ3) is 2.88. The molecule has 1 aliphatic carbocycles. The molecule has 1 heterocycles. The molecule has 96 valence electrons. The minimum absolute atomic E-state index is 0.105. The molecule has 6 nitrogen and oxygen atoms in total. The molecular weight excluding hydrogens is 224 g/mol. The Morgan fingerprint density at radius 2 is 2.18 bits per heavy atom. The van der Waals surface area contributed by atoms with Crippen LogP contribution in [0.4, 0.5) is 4.79 Å². The summed E-state index contributed by atoms with van der Waals surface area (Å²) in [6, 6.07) is 0.203. The lowest BCUT2D eigenvalue weighted by atomic mass is 9.93. The molecule has 0 aromatic carbocycles. The van der Waals surface area contributed by atoms with E-state index in [1.54, 1.807) is 4.90 Å². The number of hydrogen-bond donors (Lipinski definition) is 1. The second-order valence-corrected chi connectivity index (χ2v) is 4.41. The van der Waals surface area contributed by atoms with Gasteiger partial charge in [0.15, 0.2) is 6.10 Å². The summed E-state index contributed by atoms with van der Waals surface area (Å²) in [6.07, 6.45) is 2.63. The Balaban J connectivity index is 1.83. The van der Waals surface area contributed by atoms with Gasteiger partial charge in [-0.3, -0.25) is 0 Å². The number of carbonyl (C=O) groups is 2. The molecule has 1 saturated carbocycles. The average molecular weight is 242 g/mol. The number of methoxy groups -OCH3 is 1. The molecule has 2 fully saturated rings. The van der Waals surface area contributed by atoms with Gasteiger partial charge in [-0.1, -0.05) is 0 Å². The summed E-state index contributed by atoms with van der Waals surface area (Å²) in [7, 11) is 1.32. The third-order valence-electron chi connectivity index (χ3n) is 3.25. The van der Waals surface area contributed by atoms with E-state index in [1.165, 1.54) is 13.5 Å². The summed E-state index contributed by atoms with van der Waals surface area (Å²) in [5.74, 6) is -0.425. The Bertz CT molecular complexity index is 304. The van der Waals surface area contributed by atoms with Gasteiger partial charge in [-0.15, -0.1) is 0 Å². The summed E-state index contributed by atoms with van der Waals surface area (Å²) >= 11 is 0. The van der Waals surface area contributed by atoms with Crippen molar-refractivity contribution in [2.45, 2.75) is 31.4 Å².